The number of ether oxygens (including phenoxy) is 8. The molecule has 729 valence electrons. The minimum atomic E-state index is -2.35. The van der Waals surface area contributed by atoms with Crippen molar-refractivity contribution in [3.8, 4) is 5.75 Å². The van der Waals surface area contributed by atoms with Crippen LogP contribution >= 0.6 is 24.2 Å². The Morgan fingerprint density at radius 2 is 0.911 bits per heavy atom. The molecule has 0 aromatic heterocycles. The number of hydrogen-bond acceptors (Lipinski definition) is 36. The SMILES string of the molecule is CC(=O)OB(OC(C)=O)P(OC(C)=O)OC(C)=O.CC1=C(C(=O)O)C(=O)C(c2ccc(F)cc2)=CC1.CCOC(=O)CCN.CCOC(=O)CCN/C(C)=C\C(=O)OC.COC(=O)C1=C(C)CC=C(Br)C1=O.COC(=O)C1=C(C)CC=C(c2ccc(F)cc2)C1=O.COC(=O)C1=C(C)CC=CC1=O.COC(=O)C1=C(C)CCCC1=O.COC(=O)CC(C)=O.O[B]Oc1ccc(F)cc1.[Na+].[OH-]. The number of allylic oxidation sites excluding steroid dienone is 14. The van der Waals surface area contributed by atoms with Gasteiger partial charge in [0, 0.05) is 70.1 Å². The number of nitrogens with one attached hydrogen (secondary N) is 1. The average molecular weight is 1990 g/mol. The van der Waals surface area contributed by atoms with Crippen LogP contribution in [-0.2, 0) is 147 Å². The Morgan fingerprint density at radius 3 is 1.28 bits per heavy atom. The summed E-state index contributed by atoms with van der Waals surface area (Å²) in [5, 5.41) is 20.1. The molecule has 135 heavy (non-hydrogen) atoms. The predicted molar refractivity (Wildman–Crippen MR) is 481 cm³/mol. The van der Waals surface area contributed by atoms with Crippen LogP contribution in [0.1, 0.15) is 165 Å². The summed E-state index contributed by atoms with van der Waals surface area (Å²) in [6.07, 6.45) is 14.5. The molecule has 8 rings (SSSR count). The topological polar surface area (TPSA) is 553 Å². The first-order valence-electron chi connectivity index (χ1n) is 39.8. The van der Waals surface area contributed by atoms with E-state index in [2.05, 4.69) is 77.4 Å². The molecule has 45 heteroatoms. The number of nitrogens with two attached hydrogens (primary N) is 1. The van der Waals surface area contributed by atoms with E-state index in [1.54, 1.807) is 72.8 Å². The van der Waals surface area contributed by atoms with Gasteiger partial charge in [-0.15, -0.1) is 0 Å². The summed E-state index contributed by atoms with van der Waals surface area (Å²) >= 11 is 3.09. The number of methoxy groups -OCH3 is 6. The molecule has 3 aromatic carbocycles. The fourth-order valence-corrected chi connectivity index (χ4v) is 12.0. The standard InChI is InChI=1S/C15H13FO3.C14H11FO3.C10H17NO4.C9H9BrO3.C9H12O3.C9H10O3.C8H12BO8P.C6H5BFO2.C5H11NO2.C5H8O3.Na.H2O/c1-9-3-8-12(10-4-6-11(16)7-5-10)14(17)13(9)15(18)19-2;1-8-2-7-11(13(16)12(8)14(17)18)9-3-5-10(15)6-4-9;1-4-15-9(12)5-6-11-8(2)7-10(13)14-3;1-5-3-4-6(10)8(11)7(5)9(12)13-2;2*1-6-4-3-5-7(10)8(6)9(11)12-2;1-5(10)14-9(15-6(2)11)18(16-7(3)12)17-8(4)13;8-5-1-3-6(4-2-5)10-7-9;1-2-8-5(7)3-4-6;1-4(6)3-5(7)8-2;;/h4-8H,3H2,1-2H3;3-7H,2H2,1H3,(H,17,18);7,11H,4-6H2,1-3H3;4H,3H2,1-2H3;3-5H2,1-2H3;3,5H,4H2,1-2H3;1-4H3;1-4,9H;2-4,6H2,1H3;3H2,1-2H3;;1H2/q;;;;;;;;;;+1;/p-1/b;;8-7-;;;;;;;;;. The second-order valence-electron chi connectivity index (χ2n) is 27.0. The number of benzene rings is 3. The van der Waals surface area contributed by atoms with E-state index in [1.807, 2.05) is 6.92 Å². The Kier molecular flexibility index (Phi) is 67.8. The molecule has 0 spiro atoms. The van der Waals surface area contributed by atoms with Crippen molar-refractivity contribution in [3.63, 3.8) is 0 Å². The van der Waals surface area contributed by atoms with Crippen molar-refractivity contribution in [1.29, 1.82) is 0 Å². The number of carbonyl (C=O) groups excluding carboxylic acids is 18. The molecule has 0 amide bonds. The van der Waals surface area contributed by atoms with Crippen molar-refractivity contribution in [3.05, 3.63) is 204 Å². The summed E-state index contributed by atoms with van der Waals surface area (Å²) in [6, 6.07) is 16.4. The zero-order valence-corrected chi connectivity index (χ0v) is 82.9. The molecule has 6 N–H and O–H groups in total. The zero-order valence-electron chi connectivity index (χ0n) is 78.4. The summed E-state index contributed by atoms with van der Waals surface area (Å²) in [4.78, 5) is 210. The molecule has 0 fully saturated rings. The summed E-state index contributed by atoms with van der Waals surface area (Å²) < 4.78 is 97.5. The van der Waals surface area contributed by atoms with Gasteiger partial charge in [-0.1, -0.05) is 76.4 Å². The summed E-state index contributed by atoms with van der Waals surface area (Å²) in [5.74, 6) is -10.3. The first kappa shape index (κ1) is 129. The molecular formula is C90H109B2BrF3N2NaO35P. The predicted octanol–water partition coefficient (Wildman–Crippen LogP) is 7.95. The number of carbonyl (C=O) groups is 19. The quantitative estimate of drug-likeness (QED) is 0.0119. The maximum absolute atomic E-state index is 12.9. The number of halogens is 4. The van der Waals surface area contributed by atoms with Crippen LogP contribution in [0.3, 0.4) is 0 Å². The maximum atomic E-state index is 12.9. The summed E-state index contributed by atoms with van der Waals surface area (Å²) in [6.45, 7) is 19.6. The number of esters is 8. The van der Waals surface area contributed by atoms with E-state index in [0.717, 1.165) is 57.3 Å². The van der Waals surface area contributed by atoms with Gasteiger partial charge in [0.2, 0.25) is 17.3 Å². The van der Waals surface area contributed by atoms with E-state index in [0.29, 0.717) is 122 Å². The minimum Gasteiger partial charge on any atom is -0.870 e. The minimum absolute atomic E-state index is 0. The molecule has 5 aliphatic carbocycles. The Morgan fingerprint density at radius 1 is 0.511 bits per heavy atom. The van der Waals surface area contributed by atoms with Gasteiger partial charge in [0.1, 0.15) is 63.3 Å². The van der Waals surface area contributed by atoms with Crippen LogP contribution in [0.5, 0.6) is 5.75 Å². The van der Waals surface area contributed by atoms with Gasteiger partial charge >= 0.3 is 118 Å². The summed E-state index contributed by atoms with van der Waals surface area (Å²) in [5.41, 5.74) is 11.7. The molecule has 3 aromatic rings. The molecule has 0 bridgehead atoms. The molecular weight excluding hydrogens is 1880 g/mol. The molecule has 37 nitrogen and oxygen atoms in total. The van der Waals surface area contributed by atoms with Gasteiger partial charge in [-0.3, -0.25) is 62.3 Å². The third-order valence-electron chi connectivity index (χ3n) is 16.6. The zero-order chi connectivity index (χ0) is 102. The van der Waals surface area contributed by atoms with Crippen molar-refractivity contribution in [1.82, 2.24) is 5.32 Å². The normalized spacial score (nSPS) is 13.1. The van der Waals surface area contributed by atoms with Gasteiger partial charge in [0.25, 0.3) is 11.9 Å². The third-order valence-corrected chi connectivity index (χ3v) is 18.7. The van der Waals surface area contributed by atoms with Crippen LogP contribution in [0.2, 0.25) is 0 Å². The van der Waals surface area contributed by atoms with Gasteiger partial charge < -0.3 is 87.6 Å². The Labute approximate surface area is 811 Å². The molecule has 0 heterocycles. The fourth-order valence-electron chi connectivity index (χ4n) is 10.4. The number of rotatable bonds is 25. The molecule has 0 aliphatic heterocycles. The number of carboxylic acids is 1. The van der Waals surface area contributed by atoms with Gasteiger partial charge in [-0.25, -0.2) is 41.9 Å². The molecule has 5 aliphatic rings. The first-order valence-corrected chi connectivity index (χ1v) is 41.8. The van der Waals surface area contributed by atoms with Gasteiger partial charge in [-0.2, -0.15) is 0 Å². The van der Waals surface area contributed by atoms with E-state index >= 15 is 0 Å². The molecule has 0 saturated carbocycles. The molecule has 1 radical (unpaired) electrons. The number of aliphatic carboxylic acids is 1. The van der Waals surface area contributed by atoms with E-state index in [9.17, 15) is 104 Å². The molecule has 0 atom stereocenters. The number of hydrogen-bond donors (Lipinski definition) is 4. The second kappa shape index (κ2) is 71.1. The van der Waals surface area contributed by atoms with Gasteiger partial charge in [-0.05, 0) is 183 Å². The van der Waals surface area contributed by atoms with Crippen molar-refractivity contribution < 1.29 is 210 Å². The van der Waals surface area contributed by atoms with E-state index in [1.165, 1.54) is 135 Å². The van der Waals surface area contributed by atoms with E-state index < -0.39 is 92.4 Å². The van der Waals surface area contributed by atoms with Crippen molar-refractivity contribution in [2.24, 2.45) is 5.73 Å². The van der Waals surface area contributed by atoms with Gasteiger partial charge in [0.15, 0.2) is 11.6 Å². The molecule has 0 unspecified atom stereocenters. The van der Waals surface area contributed by atoms with Crippen molar-refractivity contribution in [2.45, 2.75) is 154 Å². The van der Waals surface area contributed by atoms with Crippen LogP contribution in [-0.4, -0.2) is 211 Å². The third kappa shape index (κ3) is 52.1. The number of carboxylic acid groups (broad SMARTS) is 1. The van der Waals surface area contributed by atoms with Crippen LogP contribution in [0, 0.1) is 17.5 Å². The van der Waals surface area contributed by atoms with Crippen LogP contribution in [0.4, 0.5) is 13.2 Å². The number of Topliss-reactive ketones (excluding diaryl/α,β-unsaturated/α-hetero) is 5. The Hall–Kier alpha value is -12.5. The average Bonchev–Trinajstić information content (AvgIpc) is 0.797. The number of ketones is 6. The van der Waals surface area contributed by atoms with E-state index in [-0.39, 0.29) is 128 Å². The fraction of sp³-hybridized carbons (Fsp3) is 0.367. The smallest absolute Gasteiger partial charge is 0.870 e. The van der Waals surface area contributed by atoms with Crippen molar-refractivity contribution in [2.75, 3.05) is 69.0 Å². The van der Waals surface area contributed by atoms with Crippen molar-refractivity contribution >= 4 is 162 Å². The van der Waals surface area contributed by atoms with E-state index in [4.69, 9.17) is 20.6 Å². The second-order valence-corrected chi connectivity index (χ2v) is 29.2. The Balaban J connectivity index is -0.000000713. The maximum Gasteiger partial charge on any atom is 1.00 e. The van der Waals surface area contributed by atoms with Crippen LogP contribution < -0.4 is 45.3 Å². The first-order chi connectivity index (χ1) is 62.6. The van der Waals surface area contributed by atoms with Crippen LogP contribution in [0.15, 0.2) is 175 Å². The summed E-state index contributed by atoms with van der Waals surface area (Å²) in [7, 11) is 5.84. The molecule has 0 saturated heterocycles. The monoisotopic (exact) mass is 1990 g/mol. The van der Waals surface area contributed by atoms with Gasteiger partial charge in [0.05, 0.1) is 73.2 Å². The van der Waals surface area contributed by atoms with Crippen LogP contribution in [0.25, 0.3) is 11.1 Å². The largest absolute Gasteiger partial charge is 1.00 e. The Bertz CT molecular complexity index is 4900.